The maximum atomic E-state index is 13.6. The van der Waals surface area contributed by atoms with Crippen LogP contribution in [0.4, 0.5) is 5.69 Å². The molecular formula is C25H35N3O5S. The van der Waals surface area contributed by atoms with Gasteiger partial charge in [0.2, 0.25) is 21.8 Å². The predicted octanol–water partition coefficient (Wildman–Crippen LogP) is 3.10. The third kappa shape index (κ3) is 7.48. The average molecular weight is 490 g/mol. The summed E-state index contributed by atoms with van der Waals surface area (Å²) < 4.78 is 31.5. The van der Waals surface area contributed by atoms with Gasteiger partial charge >= 0.3 is 0 Å². The number of rotatable bonds is 11. The van der Waals surface area contributed by atoms with Gasteiger partial charge in [-0.15, -0.1) is 0 Å². The number of carbonyl (C=O) groups excluding carboxylic acids is 2. The van der Waals surface area contributed by atoms with Crippen LogP contribution in [0.1, 0.15) is 38.3 Å². The van der Waals surface area contributed by atoms with Crippen molar-refractivity contribution in [1.29, 1.82) is 0 Å². The maximum Gasteiger partial charge on any atom is 0.244 e. The van der Waals surface area contributed by atoms with Gasteiger partial charge in [-0.1, -0.05) is 36.8 Å². The minimum atomic E-state index is -3.75. The van der Waals surface area contributed by atoms with E-state index in [2.05, 4.69) is 5.32 Å². The Morgan fingerprint density at radius 1 is 1.09 bits per heavy atom. The molecule has 1 N–H and O–H groups in total. The van der Waals surface area contributed by atoms with Gasteiger partial charge in [0.25, 0.3) is 0 Å². The predicted molar refractivity (Wildman–Crippen MR) is 134 cm³/mol. The van der Waals surface area contributed by atoms with E-state index in [0.29, 0.717) is 17.9 Å². The lowest BCUT2D eigenvalue weighted by Crippen LogP contribution is -2.53. The number of hydrogen-bond donors (Lipinski definition) is 1. The van der Waals surface area contributed by atoms with Crippen molar-refractivity contribution in [2.45, 2.75) is 52.7 Å². The first-order valence-corrected chi connectivity index (χ1v) is 13.1. The van der Waals surface area contributed by atoms with Gasteiger partial charge in [-0.25, -0.2) is 8.42 Å². The number of carbonyl (C=O) groups is 2. The van der Waals surface area contributed by atoms with Gasteiger partial charge in [0.15, 0.2) is 0 Å². The lowest BCUT2D eigenvalue weighted by Gasteiger charge is -2.33. The molecule has 0 fully saturated rings. The fraction of sp³-hybridized carbons (Fsp3) is 0.440. The topological polar surface area (TPSA) is 96.0 Å². The van der Waals surface area contributed by atoms with E-state index in [9.17, 15) is 18.0 Å². The highest BCUT2D eigenvalue weighted by atomic mass is 32.2. The Balaban J connectivity index is 2.44. The van der Waals surface area contributed by atoms with Crippen molar-refractivity contribution in [1.82, 2.24) is 10.2 Å². The van der Waals surface area contributed by atoms with Crippen LogP contribution in [0.2, 0.25) is 0 Å². The van der Waals surface area contributed by atoms with Crippen molar-refractivity contribution in [3.63, 3.8) is 0 Å². The van der Waals surface area contributed by atoms with E-state index in [-0.39, 0.29) is 18.5 Å². The molecule has 2 amide bonds. The SMILES string of the molecule is CC[C@@H](C(=O)NC(C)C)N(Cc1cccc(OC)c1)C(=O)CN(c1ccc(C)cc1)S(C)(=O)=O. The summed E-state index contributed by atoms with van der Waals surface area (Å²) in [5, 5.41) is 2.87. The summed E-state index contributed by atoms with van der Waals surface area (Å²) in [5.74, 6) is -0.128. The Morgan fingerprint density at radius 2 is 1.74 bits per heavy atom. The summed E-state index contributed by atoms with van der Waals surface area (Å²) in [6.45, 7) is 7.13. The van der Waals surface area contributed by atoms with Crippen molar-refractivity contribution in [2.24, 2.45) is 0 Å². The summed E-state index contributed by atoms with van der Waals surface area (Å²) in [7, 11) is -2.20. The van der Waals surface area contributed by atoms with E-state index in [1.807, 2.05) is 33.8 Å². The highest BCUT2D eigenvalue weighted by Crippen LogP contribution is 2.21. The number of ether oxygens (including phenoxy) is 1. The second-order valence-corrected chi connectivity index (χ2v) is 10.5. The molecule has 2 aromatic carbocycles. The molecule has 0 spiro atoms. The standard InChI is InChI=1S/C25H35N3O5S/c1-7-23(25(30)26-18(2)3)27(16-20-9-8-10-22(15-20)33-5)24(29)17-28(34(6,31)32)21-13-11-19(4)12-14-21/h8-15,18,23H,7,16-17H2,1-6H3,(H,26,30)/t23-/m0/s1. The van der Waals surface area contributed by atoms with Gasteiger partial charge in [-0.05, 0) is 57.0 Å². The number of anilines is 1. The minimum Gasteiger partial charge on any atom is -0.497 e. The molecule has 0 aliphatic carbocycles. The van der Waals surface area contributed by atoms with Crippen molar-refractivity contribution in [3.05, 3.63) is 59.7 Å². The molecule has 2 rings (SSSR count). The van der Waals surface area contributed by atoms with Crippen LogP contribution in [-0.4, -0.2) is 57.1 Å². The van der Waals surface area contributed by atoms with E-state index < -0.39 is 28.5 Å². The number of sulfonamides is 1. The van der Waals surface area contributed by atoms with Gasteiger partial charge in [0, 0.05) is 12.6 Å². The zero-order valence-corrected chi connectivity index (χ0v) is 21.6. The molecule has 186 valence electrons. The first-order valence-electron chi connectivity index (χ1n) is 11.2. The van der Waals surface area contributed by atoms with Crippen LogP contribution < -0.4 is 14.4 Å². The van der Waals surface area contributed by atoms with Crippen molar-refractivity contribution < 1.29 is 22.7 Å². The lowest BCUT2D eigenvalue weighted by atomic mass is 10.1. The first kappa shape index (κ1) is 27.2. The highest BCUT2D eigenvalue weighted by Gasteiger charge is 2.32. The molecule has 2 aromatic rings. The smallest absolute Gasteiger partial charge is 0.244 e. The molecule has 0 aromatic heterocycles. The van der Waals surface area contributed by atoms with Gasteiger partial charge in [-0.2, -0.15) is 0 Å². The molecule has 0 unspecified atom stereocenters. The summed E-state index contributed by atoms with van der Waals surface area (Å²) in [5.41, 5.74) is 2.13. The van der Waals surface area contributed by atoms with Crippen LogP contribution >= 0.6 is 0 Å². The molecule has 0 bridgehead atoms. The van der Waals surface area contributed by atoms with Crippen LogP contribution in [0.25, 0.3) is 0 Å². The average Bonchev–Trinajstić information content (AvgIpc) is 2.76. The van der Waals surface area contributed by atoms with E-state index in [0.717, 1.165) is 21.7 Å². The fourth-order valence-corrected chi connectivity index (χ4v) is 4.44. The zero-order chi connectivity index (χ0) is 25.5. The Morgan fingerprint density at radius 3 is 2.26 bits per heavy atom. The Bertz CT molecular complexity index is 1080. The van der Waals surface area contributed by atoms with Crippen LogP contribution in [0.3, 0.4) is 0 Å². The summed E-state index contributed by atoms with van der Waals surface area (Å²) in [6, 6.07) is 13.3. The molecule has 34 heavy (non-hydrogen) atoms. The van der Waals surface area contributed by atoms with Crippen molar-refractivity contribution >= 4 is 27.5 Å². The fourth-order valence-electron chi connectivity index (χ4n) is 3.59. The number of nitrogens with zero attached hydrogens (tertiary/aromatic N) is 2. The van der Waals surface area contributed by atoms with E-state index in [4.69, 9.17) is 4.74 Å². The van der Waals surface area contributed by atoms with Crippen LogP contribution in [0.5, 0.6) is 5.75 Å². The lowest BCUT2D eigenvalue weighted by molar-refractivity contribution is -0.140. The first-order chi connectivity index (χ1) is 16.0. The number of aryl methyl sites for hydroxylation is 1. The van der Waals surface area contributed by atoms with E-state index in [1.165, 1.54) is 4.90 Å². The molecule has 9 heteroatoms. The summed E-state index contributed by atoms with van der Waals surface area (Å²) >= 11 is 0. The maximum absolute atomic E-state index is 13.6. The molecule has 0 heterocycles. The second-order valence-electron chi connectivity index (χ2n) is 8.57. The molecule has 0 radical (unpaired) electrons. The quantitative estimate of drug-likeness (QED) is 0.523. The largest absolute Gasteiger partial charge is 0.497 e. The Kier molecular flexibility index (Phi) is 9.49. The highest BCUT2D eigenvalue weighted by molar-refractivity contribution is 7.92. The minimum absolute atomic E-state index is 0.101. The van der Waals surface area contributed by atoms with E-state index in [1.54, 1.807) is 49.6 Å². The number of nitrogens with one attached hydrogen (secondary N) is 1. The Labute approximate surface area is 202 Å². The number of methoxy groups -OCH3 is 1. The number of hydrogen-bond acceptors (Lipinski definition) is 5. The number of amides is 2. The van der Waals surface area contributed by atoms with Crippen molar-refractivity contribution in [2.75, 3.05) is 24.2 Å². The summed E-state index contributed by atoms with van der Waals surface area (Å²) in [4.78, 5) is 28.0. The van der Waals surface area contributed by atoms with Crippen molar-refractivity contribution in [3.8, 4) is 5.75 Å². The van der Waals surface area contributed by atoms with Crippen LogP contribution in [-0.2, 0) is 26.2 Å². The second kappa shape index (κ2) is 11.9. The Hall–Kier alpha value is -3.07. The van der Waals surface area contributed by atoms with Gasteiger partial charge < -0.3 is 15.0 Å². The van der Waals surface area contributed by atoms with Gasteiger partial charge in [-0.3, -0.25) is 13.9 Å². The molecule has 1 atom stereocenters. The van der Waals surface area contributed by atoms with Crippen LogP contribution in [0.15, 0.2) is 48.5 Å². The zero-order valence-electron chi connectivity index (χ0n) is 20.7. The molecule has 0 saturated carbocycles. The monoisotopic (exact) mass is 489 g/mol. The molecule has 0 aliphatic rings. The van der Waals surface area contributed by atoms with E-state index >= 15 is 0 Å². The molecule has 8 nitrogen and oxygen atoms in total. The molecule has 0 saturated heterocycles. The molecule has 0 aliphatic heterocycles. The molecular weight excluding hydrogens is 454 g/mol. The van der Waals surface area contributed by atoms with Gasteiger partial charge in [0.05, 0.1) is 19.1 Å². The third-order valence-corrected chi connectivity index (χ3v) is 6.45. The summed E-state index contributed by atoms with van der Waals surface area (Å²) in [6.07, 6.45) is 1.44. The third-order valence-electron chi connectivity index (χ3n) is 5.31. The van der Waals surface area contributed by atoms with Gasteiger partial charge in [0.1, 0.15) is 18.3 Å². The normalized spacial score (nSPS) is 12.2. The number of benzene rings is 2. The van der Waals surface area contributed by atoms with Crippen LogP contribution in [0, 0.1) is 6.92 Å².